The molecule has 1 aromatic carbocycles. The van der Waals surface area contributed by atoms with E-state index in [1.54, 1.807) is 6.07 Å². The summed E-state index contributed by atoms with van der Waals surface area (Å²) in [7, 11) is 0. The summed E-state index contributed by atoms with van der Waals surface area (Å²) in [4.78, 5) is 11.8. The highest BCUT2D eigenvalue weighted by atomic mass is 35.5. The van der Waals surface area contributed by atoms with Gasteiger partial charge in [-0.15, -0.1) is 0 Å². The summed E-state index contributed by atoms with van der Waals surface area (Å²) in [5, 5.41) is 2.85. The molecule has 0 aromatic heterocycles. The van der Waals surface area contributed by atoms with E-state index in [1.165, 1.54) is 12.1 Å². The van der Waals surface area contributed by atoms with Gasteiger partial charge in [0.2, 0.25) is 5.91 Å². The van der Waals surface area contributed by atoms with Gasteiger partial charge < -0.3 is 11.1 Å². The van der Waals surface area contributed by atoms with E-state index in [9.17, 15) is 9.18 Å². The average Bonchev–Trinajstić information content (AvgIpc) is 2.30. The highest BCUT2D eigenvalue weighted by molar-refractivity contribution is 6.30. The van der Waals surface area contributed by atoms with Crippen molar-refractivity contribution in [2.24, 2.45) is 11.1 Å². The zero-order chi connectivity index (χ0) is 14.5. The lowest BCUT2D eigenvalue weighted by molar-refractivity contribution is -0.116. The normalized spacial score (nSPS) is 11.4. The Hall–Kier alpha value is -1.13. The molecule has 0 heterocycles. The molecular formula is C14H20ClFN2O. The van der Waals surface area contributed by atoms with E-state index in [0.29, 0.717) is 24.4 Å². The smallest absolute Gasteiger partial charge is 0.224 e. The Morgan fingerprint density at radius 2 is 2.11 bits per heavy atom. The number of hydrogen-bond donors (Lipinski definition) is 2. The predicted octanol–water partition coefficient (Wildman–Crippen LogP) is 3.57. The number of rotatable bonds is 6. The van der Waals surface area contributed by atoms with Gasteiger partial charge in [0.1, 0.15) is 5.82 Å². The van der Waals surface area contributed by atoms with Crippen LogP contribution in [-0.4, -0.2) is 12.5 Å². The molecule has 0 aliphatic carbocycles. The fourth-order valence-corrected chi connectivity index (χ4v) is 1.93. The lowest BCUT2D eigenvalue weighted by Crippen LogP contribution is -2.21. The Morgan fingerprint density at radius 3 is 2.68 bits per heavy atom. The van der Waals surface area contributed by atoms with Crippen LogP contribution in [0.15, 0.2) is 18.2 Å². The van der Waals surface area contributed by atoms with Crippen molar-refractivity contribution in [3.05, 3.63) is 29.0 Å². The summed E-state index contributed by atoms with van der Waals surface area (Å²) in [5.74, 6) is -0.728. The first-order valence-electron chi connectivity index (χ1n) is 6.29. The summed E-state index contributed by atoms with van der Waals surface area (Å²) < 4.78 is 13.5. The predicted molar refractivity (Wildman–Crippen MR) is 76.7 cm³/mol. The van der Waals surface area contributed by atoms with Crippen molar-refractivity contribution >= 4 is 23.2 Å². The number of carbonyl (C=O) groups is 1. The van der Waals surface area contributed by atoms with Crippen LogP contribution in [0.25, 0.3) is 0 Å². The number of hydrogen-bond acceptors (Lipinski definition) is 2. The van der Waals surface area contributed by atoms with E-state index < -0.39 is 5.82 Å². The van der Waals surface area contributed by atoms with Gasteiger partial charge in [-0.05, 0) is 43.0 Å². The van der Waals surface area contributed by atoms with Gasteiger partial charge in [0, 0.05) is 11.4 Å². The molecule has 0 unspecified atom stereocenters. The Labute approximate surface area is 118 Å². The molecular weight excluding hydrogens is 267 g/mol. The van der Waals surface area contributed by atoms with Crippen molar-refractivity contribution < 1.29 is 9.18 Å². The highest BCUT2D eigenvalue weighted by Crippen LogP contribution is 2.26. The third-order valence-corrected chi connectivity index (χ3v) is 3.29. The van der Waals surface area contributed by atoms with E-state index in [1.807, 2.05) is 0 Å². The van der Waals surface area contributed by atoms with Crippen molar-refractivity contribution in [3.63, 3.8) is 0 Å². The fourth-order valence-electron chi connectivity index (χ4n) is 1.77. The molecule has 1 amide bonds. The van der Waals surface area contributed by atoms with Gasteiger partial charge in [0.05, 0.1) is 5.69 Å². The zero-order valence-electron chi connectivity index (χ0n) is 11.3. The third kappa shape index (κ3) is 5.57. The molecule has 0 atom stereocenters. The Kier molecular flexibility index (Phi) is 5.76. The van der Waals surface area contributed by atoms with Crippen molar-refractivity contribution in [2.75, 3.05) is 11.9 Å². The monoisotopic (exact) mass is 286 g/mol. The highest BCUT2D eigenvalue weighted by Gasteiger charge is 2.18. The SMILES string of the molecule is CC(C)(CCN)CCC(=O)Nc1ccc(Cl)cc1F. The number of anilines is 1. The molecule has 0 radical (unpaired) electrons. The van der Waals surface area contributed by atoms with Gasteiger partial charge in [-0.3, -0.25) is 4.79 Å². The molecule has 3 nitrogen and oxygen atoms in total. The van der Waals surface area contributed by atoms with Gasteiger partial charge in [-0.2, -0.15) is 0 Å². The maximum absolute atomic E-state index is 13.5. The molecule has 0 saturated carbocycles. The quantitative estimate of drug-likeness (QED) is 0.840. The molecule has 0 aliphatic rings. The van der Waals surface area contributed by atoms with Crippen LogP contribution in [0.4, 0.5) is 10.1 Å². The molecule has 0 spiro atoms. The third-order valence-electron chi connectivity index (χ3n) is 3.06. The maximum Gasteiger partial charge on any atom is 0.224 e. The second-order valence-electron chi connectivity index (χ2n) is 5.38. The molecule has 0 aliphatic heterocycles. The molecule has 19 heavy (non-hydrogen) atoms. The number of carbonyl (C=O) groups excluding carboxylic acids is 1. The molecule has 106 valence electrons. The lowest BCUT2D eigenvalue weighted by atomic mass is 9.84. The minimum absolute atomic E-state index is 0.0185. The van der Waals surface area contributed by atoms with Crippen molar-refractivity contribution in [3.8, 4) is 0 Å². The van der Waals surface area contributed by atoms with Gasteiger partial charge >= 0.3 is 0 Å². The second-order valence-corrected chi connectivity index (χ2v) is 5.81. The first-order chi connectivity index (χ1) is 8.84. The van der Waals surface area contributed by atoms with E-state index >= 15 is 0 Å². The molecule has 0 saturated heterocycles. The first kappa shape index (κ1) is 15.9. The Bertz CT molecular complexity index is 449. The second kappa shape index (κ2) is 6.87. The van der Waals surface area contributed by atoms with E-state index in [4.69, 9.17) is 17.3 Å². The van der Waals surface area contributed by atoms with Gasteiger partial charge in [0.15, 0.2) is 0 Å². The van der Waals surface area contributed by atoms with Crippen molar-refractivity contribution in [2.45, 2.75) is 33.1 Å². The number of nitrogens with two attached hydrogens (primary N) is 1. The van der Waals surface area contributed by atoms with Crippen molar-refractivity contribution in [1.82, 2.24) is 0 Å². The van der Waals surface area contributed by atoms with E-state index in [0.717, 1.165) is 6.42 Å². The van der Waals surface area contributed by atoms with Crippen LogP contribution in [0.3, 0.4) is 0 Å². The van der Waals surface area contributed by atoms with Crippen LogP contribution >= 0.6 is 11.6 Å². The Morgan fingerprint density at radius 1 is 1.42 bits per heavy atom. The van der Waals surface area contributed by atoms with E-state index in [-0.39, 0.29) is 17.0 Å². The number of nitrogens with one attached hydrogen (secondary N) is 1. The van der Waals surface area contributed by atoms with E-state index in [2.05, 4.69) is 19.2 Å². The zero-order valence-corrected chi connectivity index (χ0v) is 12.1. The van der Waals surface area contributed by atoms with Gasteiger partial charge in [-0.25, -0.2) is 4.39 Å². The van der Waals surface area contributed by atoms with Gasteiger partial charge in [-0.1, -0.05) is 25.4 Å². The topological polar surface area (TPSA) is 55.1 Å². The van der Waals surface area contributed by atoms with Crippen LogP contribution in [0, 0.1) is 11.2 Å². The number of benzene rings is 1. The summed E-state index contributed by atoms with van der Waals surface area (Å²) in [5.41, 5.74) is 5.69. The van der Waals surface area contributed by atoms with Gasteiger partial charge in [0.25, 0.3) is 0 Å². The molecule has 1 aromatic rings. The van der Waals surface area contributed by atoms with Crippen LogP contribution < -0.4 is 11.1 Å². The lowest BCUT2D eigenvalue weighted by Gasteiger charge is -2.23. The molecule has 0 fully saturated rings. The minimum Gasteiger partial charge on any atom is -0.330 e. The van der Waals surface area contributed by atoms with Crippen LogP contribution in [0.1, 0.15) is 33.1 Å². The largest absolute Gasteiger partial charge is 0.330 e. The standard InChI is InChI=1S/C14H20ClFN2O/c1-14(2,7-8-17)6-5-13(19)18-12-4-3-10(15)9-11(12)16/h3-4,9H,5-8,17H2,1-2H3,(H,18,19). The summed E-state index contributed by atoms with van der Waals surface area (Å²) in [6.07, 6.45) is 1.91. The Balaban J connectivity index is 2.52. The molecule has 5 heteroatoms. The van der Waals surface area contributed by atoms with Crippen LogP contribution in [0.5, 0.6) is 0 Å². The molecule has 0 bridgehead atoms. The minimum atomic E-state index is -0.526. The first-order valence-corrected chi connectivity index (χ1v) is 6.67. The molecule has 1 rings (SSSR count). The van der Waals surface area contributed by atoms with Crippen molar-refractivity contribution in [1.29, 1.82) is 0 Å². The number of amides is 1. The summed E-state index contributed by atoms with van der Waals surface area (Å²) in [6, 6.07) is 4.18. The molecule has 3 N–H and O–H groups in total. The van der Waals surface area contributed by atoms with Crippen LogP contribution in [-0.2, 0) is 4.79 Å². The average molecular weight is 287 g/mol. The summed E-state index contributed by atoms with van der Waals surface area (Å²) in [6.45, 7) is 4.73. The fraction of sp³-hybridized carbons (Fsp3) is 0.500. The number of halogens is 2. The van der Waals surface area contributed by atoms with Crippen LogP contribution in [0.2, 0.25) is 5.02 Å². The maximum atomic E-state index is 13.5. The summed E-state index contributed by atoms with van der Waals surface area (Å²) >= 11 is 5.64.